The van der Waals surface area contributed by atoms with Crippen molar-refractivity contribution in [3.05, 3.63) is 15.3 Å². The smallest absolute Gasteiger partial charge is 0.151 e. The second-order valence-corrected chi connectivity index (χ2v) is 2.98. The molecule has 1 rings (SSSR count). The molecule has 5 heteroatoms. The number of hydrogen-bond donors (Lipinski definition) is 1. The summed E-state index contributed by atoms with van der Waals surface area (Å²) in [6, 6.07) is 1.68. The van der Waals surface area contributed by atoms with E-state index in [9.17, 15) is 0 Å². The highest BCUT2D eigenvalue weighted by molar-refractivity contribution is 9.11. The lowest BCUT2D eigenvalue weighted by Gasteiger charge is -1.93. The van der Waals surface area contributed by atoms with Gasteiger partial charge >= 0.3 is 0 Å². The lowest BCUT2D eigenvalue weighted by Crippen LogP contribution is -1.91. The van der Waals surface area contributed by atoms with E-state index in [1.165, 1.54) is 0 Å². The highest BCUT2D eigenvalue weighted by Gasteiger charge is 1.96. The van der Waals surface area contributed by atoms with Crippen LogP contribution in [0.4, 0.5) is 5.69 Å². The van der Waals surface area contributed by atoms with Crippen molar-refractivity contribution in [1.29, 1.82) is 0 Å². The Morgan fingerprint density at radius 3 is 2.44 bits per heavy atom. The van der Waals surface area contributed by atoms with E-state index < -0.39 is 0 Å². The van der Waals surface area contributed by atoms with E-state index in [2.05, 4.69) is 42.1 Å². The van der Waals surface area contributed by atoms with E-state index in [-0.39, 0.29) is 0 Å². The summed E-state index contributed by atoms with van der Waals surface area (Å²) >= 11 is 6.23. The van der Waals surface area contributed by atoms with Crippen molar-refractivity contribution in [2.24, 2.45) is 0 Å². The molecule has 0 unspecified atom stereocenters. The molecule has 48 valence electrons. The molecule has 0 saturated heterocycles. The highest BCUT2D eigenvalue weighted by atomic mass is 79.9. The van der Waals surface area contributed by atoms with Gasteiger partial charge in [-0.05, 0) is 37.9 Å². The minimum atomic E-state index is 0.575. The summed E-state index contributed by atoms with van der Waals surface area (Å²) in [6.45, 7) is 0. The van der Waals surface area contributed by atoms with Crippen LogP contribution in [-0.4, -0.2) is 10.2 Å². The molecule has 0 amide bonds. The molecule has 1 aromatic rings. The first kappa shape index (κ1) is 6.95. The first-order valence-corrected chi connectivity index (χ1v) is 3.73. The maximum atomic E-state index is 5.44. The van der Waals surface area contributed by atoms with Gasteiger partial charge in [0.05, 0.1) is 5.69 Å². The third-order valence-corrected chi connectivity index (χ3v) is 1.75. The van der Waals surface area contributed by atoms with Crippen LogP contribution in [0.2, 0.25) is 0 Å². The molecular weight excluding hydrogens is 250 g/mol. The predicted octanol–water partition coefficient (Wildman–Crippen LogP) is 1.58. The number of rotatable bonds is 0. The summed E-state index contributed by atoms with van der Waals surface area (Å²) in [6.07, 6.45) is 0. The third-order valence-electron chi connectivity index (χ3n) is 0.746. The first-order chi connectivity index (χ1) is 4.20. The van der Waals surface area contributed by atoms with E-state index in [0.717, 1.165) is 0 Å². The van der Waals surface area contributed by atoms with Crippen molar-refractivity contribution < 1.29 is 0 Å². The second kappa shape index (κ2) is 2.62. The zero-order chi connectivity index (χ0) is 6.85. The van der Waals surface area contributed by atoms with E-state index in [1.54, 1.807) is 6.07 Å². The molecule has 0 spiro atoms. The molecule has 1 aromatic heterocycles. The van der Waals surface area contributed by atoms with Crippen molar-refractivity contribution in [2.45, 2.75) is 0 Å². The number of nitrogens with zero attached hydrogens (tertiary/aromatic N) is 2. The van der Waals surface area contributed by atoms with Gasteiger partial charge in [-0.2, -0.15) is 0 Å². The average molecular weight is 253 g/mol. The lowest BCUT2D eigenvalue weighted by atomic mass is 10.5. The Bertz CT molecular complexity index is 225. The van der Waals surface area contributed by atoms with Gasteiger partial charge in [-0.3, -0.25) is 0 Å². The maximum absolute atomic E-state index is 5.44. The quantitative estimate of drug-likeness (QED) is 0.763. The van der Waals surface area contributed by atoms with E-state index in [4.69, 9.17) is 5.73 Å². The Hall–Kier alpha value is -0.160. The van der Waals surface area contributed by atoms with Crippen molar-refractivity contribution in [1.82, 2.24) is 10.2 Å². The fraction of sp³-hybridized carbons (Fsp3) is 0. The van der Waals surface area contributed by atoms with Crippen LogP contribution < -0.4 is 5.73 Å². The predicted molar refractivity (Wildman–Crippen MR) is 41.8 cm³/mol. The van der Waals surface area contributed by atoms with Gasteiger partial charge in [0.2, 0.25) is 0 Å². The summed E-state index contributed by atoms with van der Waals surface area (Å²) in [7, 11) is 0. The zero-order valence-electron chi connectivity index (χ0n) is 4.31. The summed E-state index contributed by atoms with van der Waals surface area (Å²) in [5, 5.41) is 7.35. The van der Waals surface area contributed by atoms with Gasteiger partial charge in [-0.1, -0.05) is 0 Å². The van der Waals surface area contributed by atoms with Crippen molar-refractivity contribution in [3.8, 4) is 0 Å². The molecule has 0 fully saturated rings. The Morgan fingerprint density at radius 1 is 1.33 bits per heavy atom. The minimum Gasteiger partial charge on any atom is -0.396 e. The molecule has 0 saturated carbocycles. The Morgan fingerprint density at radius 2 is 2.00 bits per heavy atom. The van der Waals surface area contributed by atoms with Crippen molar-refractivity contribution >= 4 is 37.5 Å². The minimum absolute atomic E-state index is 0.575. The SMILES string of the molecule is Nc1cc(Br)nnc1Br. The molecular formula is C4H3Br2N3. The molecule has 0 radical (unpaired) electrons. The number of nitrogen functional groups attached to an aromatic ring is 1. The highest BCUT2D eigenvalue weighted by Crippen LogP contribution is 2.17. The monoisotopic (exact) mass is 251 g/mol. The van der Waals surface area contributed by atoms with E-state index in [1.807, 2.05) is 0 Å². The lowest BCUT2D eigenvalue weighted by molar-refractivity contribution is 0.985. The molecule has 0 bridgehead atoms. The second-order valence-electron chi connectivity index (χ2n) is 1.41. The summed E-state index contributed by atoms with van der Waals surface area (Å²) in [4.78, 5) is 0. The van der Waals surface area contributed by atoms with E-state index >= 15 is 0 Å². The zero-order valence-corrected chi connectivity index (χ0v) is 7.48. The van der Waals surface area contributed by atoms with Gasteiger partial charge in [0.25, 0.3) is 0 Å². The molecule has 9 heavy (non-hydrogen) atoms. The van der Waals surface area contributed by atoms with Crippen molar-refractivity contribution in [2.75, 3.05) is 5.73 Å². The number of nitrogens with two attached hydrogens (primary N) is 1. The standard InChI is InChI=1S/C4H3Br2N3/c5-3-1-2(7)4(6)9-8-3/h1H,(H2,7,8). The Labute approximate surface area is 68.9 Å². The fourth-order valence-corrected chi connectivity index (χ4v) is 0.886. The molecule has 0 aliphatic heterocycles. The van der Waals surface area contributed by atoms with Gasteiger partial charge < -0.3 is 5.73 Å². The Balaban J connectivity index is 3.17. The number of anilines is 1. The summed E-state index contributed by atoms with van der Waals surface area (Å²) in [5.74, 6) is 0. The van der Waals surface area contributed by atoms with Crippen LogP contribution >= 0.6 is 31.9 Å². The first-order valence-electron chi connectivity index (χ1n) is 2.14. The summed E-state index contributed by atoms with van der Waals surface area (Å²) < 4.78 is 1.22. The van der Waals surface area contributed by atoms with Gasteiger partial charge in [0, 0.05) is 0 Å². The molecule has 0 aliphatic carbocycles. The van der Waals surface area contributed by atoms with E-state index in [0.29, 0.717) is 14.9 Å². The molecule has 0 aliphatic rings. The maximum Gasteiger partial charge on any atom is 0.151 e. The largest absolute Gasteiger partial charge is 0.396 e. The molecule has 1 heterocycles. The van der Waals surface area contributed by atoms with Gasteiger partial charge in [-0.25, -0.2) is 0 Å². The third kappa shape index (κ3) is 1.62. The van der Waals surface area contributed by atoms with Gasteiger partial charge in [-0.15, -0.1) is 10.2 Å². The van der Waals surface area contributed by atoms with Crippen LogP contribution in [-0.2, 0) is 0 Å². The molecule has 0 aromatic carbocycles. The van der Waals surface area contributed by atoms with Gasteiger partial charge in [0.1, 0.15) is 4.60 Å². The number of aromatic nitrogens is 2. The van der Waals surface area contributed by atoms with Crippen LogP contribution in [0.1, 0.15) is 0 Å². The van der Waals surface area contributed by atoms with Gasteiger partial charge in [0.15, 0.2) is 4.60 Å². The van der Waals surface area contributed by atoms with Crippen LogP contribution in [0.25, 0.3) is 0 Å². The summed E-state index contributed by atoms with van der Waals surface area (Å²) in [5.41, 5.74) is 6.02. The molecule has 3 nitrogen and oxygen atoms in total. The van der Waals surface area contributed by atoms with Crippen LogP contribution in [0.5, 0.6) is 0 Å². The number of hydrogen-bond acceptors (Lipinski definition) is 3. The van der Waals surface area contributed by atoms with Crippen LogP contribution in [0, 0.1) is 0 Å². The average Bonchev–Trinajstić information content (AvgIpc) is 1.80. The van der Waals surface area contributed by atoms with Crippen molar-refractivity contribution in [3.63, 3.8) is 0 Å². The fourth-order valence-electron chi connectivity index (χ4n) is 0.366. The number of halogens is 2. The molecule has 2 N–H and O–H groups in total. The normalized spacial score (nSPS) is 9.56. The van der Waals surface area contributed by atoms with Crippen LogP contribution in [0.3, 0.4) is 0 Å². The molecule has 0 atom stereocenters. The Kier molecular flexibility index (Phi) is 2.02. The topological polar surface area (TPSA) is 51.8 Å². The van der Waals surface area contributed by atoms with Crippen LogP contribution in [0.15, 0.2) is 15.3 Å².